The molecule has 1 atom stereocenters. The summed E-state index contributed by atoms with van der Waals surface area (Å²) < 4.78 is 0. The summed E-state index contributed by atoms with van der Waals surface area (Å²) in [6, 6.07) is 0.106. The predicted molar refractivity (Wildman–Crippen MR) is 55.7 cm³/mol. The van der Waals surface area contributed by atoms with E-state index in [2.05, 4.69) is 16.9 Å². The van der Waals surface area contributed by atoms with Gasteiger partial charge in [0, 0.05) is 11.6 Å². The normalized spacial score (nSPS) is 20.6. The Morgan fingerprint density at radius 2 is 2.21 bits per heavy atom. The lowest BCUT2D eigenvalue weighted by molar-refractivity contribution is 0.550. The lowest BCUT2D eigenvalue weighted by Gasteiger charge is -2.23. The molecule has 14 heavy (non-hydrogen) atoms. The molecule has 76 valence electrons. The van der Waals surface area contributed by atoms with E-state index in [9.17, 15) is 0 Å². The third kappa shape index (κ3) is 1.46. The van der Waals surface area contributed by atoms with E-state index in [1.807, 2.05) is 0 Å². The first-order valence-corrected chi connectivity index (χ1v) is 5.13. The lowest BCUT2D eigenvalue weighted by atomic mass is 9.90. The SMILES string of the molecule is CCc1nc(N)nc2c1C(N)CCC2. The van der Waals surface area contributed by atoms with Gasteiger partial charge in [-0.05, 0) is 25.7 Å². The molecule has 0 saturated heterocycles. The third-order valence-electron chi connectivity index (χ3n) is 2.76. The minimum Gasteiger partial charge on any atom is -0.368 e. The van der Waals surface area contributed by atoms with Crippen LogP contribution < -0.4 is 11.5 Å². The molecule has 4 N–H and O–H groups in total. The Hall–Kier alpha value is -1.16. The smallest absolute Gasteiger partial charge is 0.220 e. The number of anilines is 1. The molecule has 2 rings (SSSR count). The second kappa shape index (κ2) is 3.53. The summed E-state index contributed by atoms with van der Waals surface area (Å²) in [5.74, 6) is 0.384. The van der Waals surface area contributed by atoms with Gasteiger partial charge in [0.15, 0.2) is 0 Å². The van der Waals surface area contributed by atoms with E-state index >= 15 is 0 Å². The van der Waals surface area contributed by atoms with Crippen molar-refractivity contribution in [2.45, 2.75) is 38.6 Å². The van der Waals surface area contributed by atoms with Crippen molar-refractivity contribution in [2.24, 2.45) is 5.73 Å². The highest BCUT2D eigenvalue weighted by Gasteiger charge is 2.22. The number of fused-ring (bicyclic) bond motifs is 1. The van der Waals surface area contributed by atoms with E-state index < -0.39 is 0 Å². The molecular weight excluding hydrogens is 176 g/mol. The second-order valence-electron chi connectivity index (χ2n) is 3.74. The van der Waals surface area contributed by atoms with Crippen molar-refractivity contribution >= 4 is 5.95 Å². The first kappa shape index (κ1) is 9.40. The average Bonchev–Trinajstić information content (AvgIpc) is 2.16. The van der Waals surface area contributed by atoms with Crippen LogP contribution in [0.4, 0.5) is 5.95 Å². The van der Waals surface area contributed by atoms with Crippen molar-refractivity contribution in [3.8, 4) is 0 Å². The molecule has 0 radical (unpaired) electrons. The standard InChI is InChI=1S/C10H16N4/c1-2-7-9-6(11)4-3-5-8(9)14-10(12)13-7/h6H,2-5,11H2,1H3,(H2,12,13,14). The zero-order valence-electron chi connectivity index (χ0n) is 8.45. The summed E-state index contributed by atoms with van der Waals surface area (Å²) in [5.41, 5.74) is 14.9. The molecule has 1 unspecified atom stereocenters. The Balaban J connectivity index is 2.55. The van der Waals surface area contributed by atoms with Crippen molar-refractivity contribution in [2.75, 3.05) is 5.73 Å². The van der Waals surface area contributed by atoms with Crippen molar-refractivity contribution in [1.29, 1.82) is 0 Å². The molecule has 0 aliphatic heterocycles. The number of hydrogen-bond donors (Lipinski definition) is 2. The number of aryl methyl sites for hydroxylation is 2. The second-order valence-corrected chi connectivity index (χ2v) is 3.74. The van der Waals surface area contributed by atoms with Crippen LogP contribution >= 0.6 is 0 Å². The van der Waals surface area contributed by atoms with Crippen LogP contribution in [0.25, 0.3) is 0 Å². The van der Waals surface area contributed by atoms with Crippen LogP contribution in [0.1, 0.15) is 42.8 Å². The Morgan fingerprint density at radius 1 is 1.43 bits per heavy atom. The molecule has 0 aromatic carbocycles. The van der Waals surface area contributed by atoms with Crippen LogP contribution in [0.2, 0.25) is 0 Å². The zero-order valence-corrected chi connectivity index (χ0v) is 8.45. The Morgan fingerprint density at radius 3 is 2.93 bits per heavy atom. The van der Waals surface area contributed by atoms with E-state index in [0.717, 1.165) is 42.6 Å². The molecule has 0 fully saturated rings. The molecule has 4 nitrogen and oxygen atoms in total. The maximum Gasteiger partial charge on any atom is 0.220 e. The summed E-state index contributed by atoms with van der Waals surface area (Å²) in [6.45, 7) is 2.07. The molecular formula is C10H16N4. The third-order valence-corrected chi connectivity index (χ3v) is 2.76. The quantitative estimate of drug-likeness (QED) is 0.694. The largest absolute Gasteiger partial charge is 0.368 e. The minimum absolute atomic E-state index is 0.106. The average molecular weight is 192 g/mol. The monoisotopic (exact) mass is 192 g/mol. The fourth-order valence-electron chi connectivity index (χ4n) is 2.11. The van der Waals surface area contributed by atoms with E-state index in [-0.39, 0.29) is 6.04 Å². The van der Waals surface area contributed by atoms with Gasteiger partial charge in [-0.15, -0.1) is 0 Å². The molecule has 4 heteroatoms. The van der Waals surface area contributed by atoms with Crippen molar-refractivity contribution < 1.29 is 0 Å². The van der Waals surface area contributed by atoms with Gasteiger partial charge < -0.3 is 11.5 Å². The Labute approximate surface area is 83.7 Å². The highest BCUT2D eigenvalue weighted by Crippen LogP contribution is 2.29. The van der Waals surface area contributed by atoms with Gasteiger partial charge in [0.25, 0.3) is 0 Å². The number of rotatable bonds is 1. The van der Waals surface area contributed by atoms with Crippen LogP contribution in [0.3, 0.4) is 0 Å². The summed E-state index contributed by atoms with van der Waals surface area (Å²) in [4.78, 5) is 8.50. The molecule has 1 aliphatic carbocycles. The molecule has 1 heterocycles. The maximum atomic E-state index is 6.05. The van der Waals surface area contributed by atoms with E-state index in [1.54, 1.807) is 0 Å². The van der Waals surface area contributed by atoms with Gasteiger partial charge in [0.2, 0.25) is 5.95 Å². The van der Waals surface area contributed by atoms with Gasteiger partial charge in [-0.1, -0.05) is 6.92 Å². The molecule has 1 aromatic rings. The summed E-state index contributed by atoms with van der Waals surface area (Å²) in [7, 11) is 0. The van der Waals surface area contributed by atoms with Crippen LogP contribution in [-0.4, -0.2) is 9.97 Å². The number of hydrogen-bond acceptors (Lipinski definition) is 4. The first-order valence-electron chi connectivity index (χ1n) is 5.13. The fraction of sp³-hybridized carbons (Fsp3) is 0.600. The number of nitrogens with two attached hydrogens (primary N) is 2. The topological polar surface area (TPSA) is 77.8 Å². The van der Waals surface area contributed by atoms with Gasteiger partial charge in [-0.2, -0.15) is 0 Å². The van der Waals surface area contributed by atoms with Crippen LogP contribution in [0, 0.1) is 0 Å². The van der Waals surface area contributed by atoms with Crippen molar-refractivity contribution in [3.63, 3.8) is 0 Å². The van der Waals surface area contributed by atoms with Crippen molar-refractivity contribution in [3.05, 3.63) is 17.0 Å². The summed E-state index contributed by atoms with van der Waals surface area (Å²) in [5, 5.41) is 0. The van der Waals surface area contributed by atoms with Crippen LogP contribution in [0.15, 0.2) is 0 Å². The molecule has 0 saturated carbocycles. The molecule has 0 spiro atoms. The van der Waals surface area contributed by atoms with Crippen molar-refractivity contribution in [1.82, 2.24) is 9.97 Å². The molecule has 1 aliphatic rings. The van der Waals surface area contributed by atoms with Crippen LogP contribution in [-0.2, 0) is 12.8 Å². The minimum atomic E-state index is 0.106. The predicted octanol–water partition coefficient (Wildman–Crippen LogP) is 0.957. The van der Waals surface area contributed by atoms with Gasteiger partial charge in [0.1, 0.15) is 0 Å². The summed E-state index contributed by atoms with van der Waals surface area (Å²) >= 11 is 0. The van der Waals surface area contributed by atoms with Gasteiger partial charge in [-0.3, -0.25) is 0 Å². The first-order chi connectivity index (χ1) is 6.72. The van der Waals surface area contributed by atoms with Gasteiger partial charge >= 0.3 is 0 Å². The summed E-state index contributed by atoms with van der Waals surface area (Å²) in [6.07, 6.45) is 4.01. The molecule has 1 aromatic heterocycles. The highest BCUT2D eigenvalue weighted by molar-refractivity contribution is 5.35. The Kier molecular flexibility index (Phi) is 2.37. The number of nitrogens with zero attached hydrogens (tertiary/aromatic N) is 2. The van der Waals surface area contributed by atoms with Crippen LogP contribution in [0.5, 0.6) is 0 Å². The van der Waals surface area contributed by atoms with E-state index in [0.29, 0.717) is 5.95 Å². The van der Waals surface area contributed by atoms with E-state index in [1.165, 1.54) is 0 Å². The lowest BCUT2D eigenvalue weighted by Crippen LogP contribution is -2.22. The molecule has 0 bridgehead atoms. The van der Waals surface area contributed by atoms with E-state index in [4.69, 9.17) is 11.5 Å². The number of aromatic nitrogens is 2. The maximum absolute atomic E-state index is 6.05. The highest BCUT2D eigenvalue weighted by atomic mass is 15.0. The van der Waals surface area contributed by atoms with Gasteiger partial charge in [-0.25, -0.2) is 9.97 Å². The fourth-order valence-corrected chi connectivity index (χ4v) is 2.11. The van der Waals surface area contributed by atoms with Gasteiger partial charge in [0.05, 0.1) is 11.4 Å². The number of nitrogen functional groups attached to an aromatic ring is 1. The Bertz CT molecular complexity index is 331. The zero-order chi connectivity index (χ0) is 10.1. The molecule has 0 amide bonds.